The fourth-order valence-electron chi connectivity index (χ4n) is 2.47. The zero-order valence-corrected chi connectivity index (χ0v) is 14.4. The molecular weight excluding hydrogens is 276 g/mol. The first kappa shape index (κ1) is 18.5. The van der Waals surface area contributed by atoms with Gasteiger partial charge in [0.1, 0.15) is 5.75 Å². The molecule has 0 saturated heterocycles. The molecule has 0 radical (unpaired) electrons. The van der Waals surface area contributed by atoms with Crippen LogP contribution in [0.2, 0.25) is 0 Å². The summed E-state index contributed by atoms with van der Waals surface area (Å²) in [7, 11) is 0. The first-order valence-electron chi connectivity index (χ1n) is 8.37. The van der Waals surface area contributed by atoms with Crippen molar-refractivity contribution in [3.63, 3.8) is 0 Å². The number of ether oxygens (including phenoxy) is 1. The largest absolute Gasteiger partial charge is 0.493 e. The summed E-state index contributed by atoms with van der Waals surface area (Å²) < 4.78 is 5.51. The molecule has 1 rings (SSSR count). The minimum Gasteiger partial charge on any atom is -0.493 e. The highest BCUT2D eigenvalue weighted by Crippen LogP contribution is 2.18. The minimum absolute atomic E-state index is 0.0561. The van der Waals surface area contributed by atoms with E-state index in [0.29, 0.717) is 17.9 Å². The van der Waals surface area contributed by atoms with Gasteiger partial charge in [-0.3, -0.25) is 4.79 Å². The molecule has 124 valence electrons. The Morgan fingerprint density at radius 1 is 1.23 bits per heavy atom. The molecular formula is C18H30N2O2. The van der Waals surface area contributed by atoms with Crippen molar-refractivity contribution in [2.24, 2.45) is 0 Å². The van der Waals surface area contributed by atoms with E-state index < -0.39 is 0 Å². The normalized spacial score (nSPS) is 12.2. The Morgan fingerprint density at radius 3 is 2.55 bits per heavy atom. The standard InChI is InChI=1S/C18H30N2O2/c1-5-20(6-2)14-10-11-15(4)19-18(21)16-12-8-9-13-17(16)22-7-3/h8-9,12-13,15H,5-7,10-11,14H2,1-4H3,(H,19,21). The van der Waals surface area contributed by atoms with Gasteiger partial charge in [-0.25, -0.2) is 0 Å². The Balaban J connectivity index is 2.47. The fourth-order valence-corrected chi connectivity index (χ4v) is 2.47. The molecule has 0 aromatic heterocycles. The van der Waals surface area contributed by atoms with Crippen molar-refractivity contribution in [3.8, 4) is 5.75 Å². The molecule has 4 heteroatoms. The lowest BCUT2D eigenvalue weighted by atomic mass is 10.1. The van der Waals surface area contributed by atoms with Gasteiger partial charge >= 0.3 is 0 Å². The molecule has 1 unspecified atom stereocenters. The van der Waals surface area contributed by atoms with Crippen LogP contribution in [-0.4, -0.2) is 43.1 Å². The summed E-state index contributed by atoms with van der Waals surface area (Å²) in [5.41, 5.74) is 0.611. The lowest BCUT2D eigenvalue weighted by Crippen LogP contribution is -2.34. The lowest BCUT2D eigenvalue weighted by molar-refractivity contribution is 0.0933. The molecule has 0 heterocycles. The Morgan fingerprint density at radius 2 is 1.91 bits per heavy atom. The maximum atomic E-state index is 12.4. The van der Waals surface area contributed by atoms with Crippen LogP contribution in [0.3, 0.4) is 0 Å². The Bertz CT molecular complexity index is 444. The molecule has 4 nitrogen and oxygen atoms in total. The van der Waals surface area contributed by atoms with Gasteiger partial charge in [0, 0.05) is 6.04 Å². The first-order chi connectivity index (χ1) is 10.6. The molecule has 1 N–H and O–H groups in total. The number of hydrogen-bond acceptors (Lipinski definition) is 3. The summed E-state index contributed by atoms with van der Waals surface area (Å²) in [6, 6.07) is 7.56. The van der Waals surface area contributed by atoms with Crippen molar-refractivity contribution in [2.45, 2.75) is 46.6 Å². The van der Waals surface area contributed by atoms with E-state index in [1.807, 2.05) is 31.2 Å². The number of benzene rings is 1. The molecule has 0 bridgehead atoms. The SMILES string of the molecule is CCOc1ccccc1C(=O)NC(C)CCCN(CC)CC. The number of carbonyl (C=O) groups is 1. The van der Waals surface area contributed by atoms with E-state index in [1.54, 1.807) is 0 Å². The van der Waals surface area contributed by atoms with Crippen LogP contribution in [0.25, 0.3) is 0 Å². The highest BCUT2D eigenvalue weighted by molar-refractivity contribution is 5.97. The predicted molar refractivity (Wildman–Crippen MR) is 91.6 cm³/mol. The fraction of sp³-hybridized carbons (Fsp3) is 0.611. The Hall–Kier alpha value is -1.55. The second-order valence-corrected chi connectivity index (χ2v) is 5.47. The summed E-state index contributed by atoms with van der Waals surface area (Å²) in [6.07, 6.45) is 2.08. The highest BCUT2D eigenvalue weighted by Gasteiger charge is 2.14. The van der Waals surface area contributed by atoms with E-state index in [4.69, 9.17) is 4.74 Å². The van der Waals surface area contributed by atoms with Crippen molar-refractivity contribution in [1.29, 1.82) is 0 Å². The number of hydrogen-bond donors (Lipinski definition) is 1. The maximum absolute atomic E-state index is 12.4. The highest BCUT2D eigenvalue weighted by atomic mass is 16.5. The average Bonchev–Trinajstić information content (AvgIpc) is 2.52. The number of rotatable bonds is 10. The second-order valence-electron chi connectivity index (χ2n) is 5.47. The molecule has 0 aliphatic rings. The zero-order valence-electron chi connectivity index (χ0n) is 14.4. The number of amides is 1. The minimum atomic E-state index is -0.0561. The van der Waals surface area contributed by atoms with Gasteiger partial charge in [0.2, 0.25) is 0 Å². The molecule has 22 heavy (non-hydrogen) atoms. The average molecular weight is 306 g/mol. The van der Waals surface area contributed by atoms with E-state index in [0.717, 1.165) is 32.5 Å². The van der Waals surface area contributed by atoms with Gasteiger partial charge < -0.3 is 15.0 Å². The quantitative estimate of drug-likeness (QED) is 0.721. The number of carbonyl (C=O) groups excluding carboxylic acids is 1. The Labute approximate surface area is 134 Å². The Kier molecular flexibility index (Phi) is 8.60. The van der Waals surface area contributed by atoms with Crippen molar-refractivity contribution in [1.82, 2.24) is 10.2 Å². The monoisotopic (exact) mass is 306 g/mol. The molecule has 0 fully saturated rings. The van der Waals surface area contributed by atoms with Crippen LogP contribution < -0.4 is 10.1 Å². The van der Waals surface area contributed by atoms with Gasteiger partial charge in [0.05, 0.1) is 12.2 Å². The molecule has 0 aliphatic heterocycles. The molecule has 1 amide bonds. The van der Waals surface area contributed by atoms with Crippen LogP contribution in [0.1, 0.15) is 50.9 Å². The van der Waals surface area contributed by atoms with Gasteiger partial charge in [-0.2, -0.15) is 0 Å². The molecule has 0 spiro atoms. The third-order valence-electron chi connectivity index (χ3n) is 3.81. The molecule has 1 aromatic rings. The maximum Gasteiger partial charge on any atom is 0.255 e. The van der Waals surface area contributed by atoms with Gasteiger partial charge in [-0.05, 0) is 58.5 Å². The van der Waals surface area contributed by atoms with Crippen LogP contribution in [0.15, 0.2) is 24.3 Å². The van der Waals surface area contributed by atoms with Crippen molar-refractivity contribution >= 4 is 5.91 Å². The molecule has 1 aromatic carbocycles. The molecule has 0 aliphatic carbocycles. The van der Waals surface area contributed by atoms with Gasteiger partial charge in [-0.1, -0.05) is 26.0 Å². The van der Waals surface area contributed by atoms with E-state index >= 15 is 0 Å². The van der Waals surface area contributed by atoms with Crippen LogP contribution in [0.5, 0.6) is 5.75 Å². The summed E-state index contributed by atoms with van der Waals surface area (Å²) in [5, 5.41) is 3.07. The third-order valence-corrected chi connectivity index (χ3v) is 3.81. The summed E-state index contributed by atoms with van der Waals surface area (Å²) >= 11 is 0. The van der Waals surface area contributed by atoms with E-state index in [9.17, 15) is 4.79 Å². The van der Waals surface area contributed by atoms with Crippen molar-refractivity contribution in [3.05, 3.63) is 29.8 Å². The number of nitrogens with one attached hydrogen (secondary N) is 1. The third kappa shape index (κ3) is 6.06. The number of nitrogens with zero attached hydrogens (tertiary/aromatic N) is 1. The lowest BCUT2D eigenvalue weighted by Gasteiger charge is -2.20. The number of para-hydroxylation sites is 1. The van der Waals surface area contributed by atoms with Crippen LogP contribution >= 0.6 is 0 Å². The van der Waals surface area contributed by atoms with Gasteiger partial charge in [0.15, 0.2) is 0 Å². The second kappa shape index (κ2) is 10.2. The smallest absolute Gasteiger partial charge is 0.255 e. The van der Waals surface area contributed by atoms with E-state index in [2.05, 4.69) is 31.0 Å². The first-order valence-corrected chi connectivity index (χ1v) is 8.37. The van der Waals surface area contributed by atoms with Crippen LogP contribution in [0, 0.1) is 0 Å². The van der Waals surface area contributed by atoms with Crippen LogP contribution in [-0.2, 0) is 0 Å². The van der Waals surface area contributed by atoms with Gasteiger partial charge in [-0.15, -0.1) is 0 Å². The molecule has 0 saturated carbocycles. The van der Waals surface area contributed by atoms with Crippen molar-refractivity contribution in [2.75, 3.05) is 26.2 Å². The predicted octanol–water partition coefficient (Wildman–Crippen LogP) is 3.33. The topological polar surface area (TPSA) is 41.6 Å². The summed E-state index contributed by atoms with van der Waals surface area (Å²) in [6.45, 7) is 12.1. The van der Waals surface area contributed by atoms with Gasteiger partial charge in [0.25, 0.3) is 5.91 Å². The summed E-state index contributed by atoms with van der Waals surface area (Å²) in [5.74, 6) is 0.595. The summed E-state index contributed by atoms with van der Waals surface area (Å²) in [4.78, 5) is 14.8. The van der Waals surface area contributed by atoms with E-state index in [-0.39, 0.29) is 11.9 Å². The van der Waals surface area contributed by atoms with E-state index in [1.165, 1.54) is 0 Å². The zero-order chi connectivity index (χ0) is 16.4. The molecule has 1 atom stereocenters. The van der Waals surface area contributed by atoms with Crippen LogP contribution in [0.4, 0.5) is 0 Å². The van der Waals surface area contributed by atoms with Crippen molar-refractivity contribution < 1.29 is 9.53 Å².